The number of aryl methyl sites for hydroxylation is 1. The Bertz CT molecular complexity index is 620. The van der Waals surface area contributed by atoms with Gasteiger partial charge in [0.1, 0.15) is 5.82 Å². The number of alkyl halides is 2. The average Bonchev–Trinajstić information content (AvgIpc) is 2.44. The zero-order valence-corrected chi connectivity index (χ0v) is 12.3. The zero-order chi connectivity index (χ0) is 15.6. The number of rotatable bonds is 4. The van der Waals surface area contributed by atoms with Gasteiger partial charge in [-0.2, -0.15) is 0 Å². The number of hydrogen-bond donors (Lipinski definition) is 0. The Balaban J connectivity index is 2.51. The molecule has 21 heavy (non-hydrogen) atoms. The monoisotopic (exact) mass is 313 g/mol. The van der Waals surface area contributed by atoms with E-state index in [1.165, 1.54) is 17.0 Å². The molecule has 5 heteroatoms. The lowest BCUT2D eigenvalue weighted by molar-refractivity contribution is 0.123. The summed E-state index contributed by atoms with van der Waals surface area (Å²) in [7, 11) is 0. The summed E-state index contributed by atoms with van der Waals surface area (Å²) >= 11 is 5.97. The topological polar surface area (TPSA) is 3.24 Å². The van der Waals surface area contributed by atoms with Crippen LogP contribution in [0.4, 0.5) is 13.2 Å². The summed E-state index contributed by atoms with van der Waals surface area (Å²) in [5, 5.41) is 0.319. The Morgan fingerprint density at radius 2 is 2.00 bits per heavy atom. The summed E-state index contributed by atoms with van der Waals surface area (Å²) in [4.78, 5) is 1.37. The molecule has 0 amide bonds. The highest BCUT2D eigenvalue weighted by Gasteiger charge is 2.24. The van der Waals surface area contributed by atoms with Crippen LogP contribution in [0.25, 0.3) is 5.70 Å². The van der Waals surface area contributed by atoms with E-state index in [0.717, 1.165) is 5.56 Å². The normalized spacial score (nSPS) is 15.3. The van der Waals surface area contributed by atoms with Gasteiger partial charge in [-0.25, -0.2) is 13.2 Å². The van der Waals surface area contributed by atoms with Crippen LogP contribution in [0.15, 0.2) is 47.7 Å². The van der Waals surface area contributed by atoms with E-state index in [1.54, 1.807) is 18.2 Å². The largest absolute Gasteiger partial charge is 0.334 e. The molecule has 0 bridgehead atoms. The third-order valence-electron chi connectivity index (χ3n) is 3.32. The maximum absolute atomic E-state index is 13.3. The molecule has 0 aliphatic carbocycles. The number of halogens is 4. The Kier molecular flexibility index (Phi) is 4.78. The summed E-state index contributed by atoms with van der Waals surface area (Å²) in [5.74, 6) is -0.347. The summed E-state index contributed by atoms with van der Waals surface area (Å²) in [5.41, 5.74) is 2.34. The molecule has 1 nitrogen and oxygen atoms in total. The maximum atomic E-state index is 13.3. The van der Waals surface area contributed by atoms with Gasteiger partial charge in [0.05, 0.1) is 17.3 Å². The second kappa shape index (κ2) is 6.39. The van der Waals surface area contributed by atoms with E-state index in [0.29, 0.717) is 28.4 Å². The minimum Gasteiger partial charge on any atom is -0.334 e. The van der Waals surface area contributed by atoms with Gasteiger partial charge in [-0.3, -0.25) is 0 Å². The molecule has 0 atom stereocenters. The fraction of sp³-hybridized carbons (Fsp3) is 0.250. The van der Waals surface area contributed by atoms with Crippen molar-refractivity contribution < 1.29 is 13.2 Å². The molecule has 0 saturated carbocycles. The van der Waals surface area contributed by atoms with Gasteiger partial charge in [-0.1, -0.05) is 25.1 Å². The quantitative estimate of drug-likeness (QED) is 0.760. The van der Waals surface area contributed by atoms with Crippen molar-refractivity contribution in [3.8, 4) is 0 Å². The van der Waals surface area contributed by atoms with Gasteiger partial charge < -0.3 is 4.90 Å². The molecule has 1 aromatic rings. The van der Waals surface area contributed by atoms with Crippen LogP contribution >= 0.6 is 11.6 Å². The first-order valence-electron chi connectivity index (χ1n) is 6.55. The lowest BCUT2D eigenvalue weighted by atomic mass is 9.99. The Labute approximate surface area is 127 Å². The van der Waals surface area contributed by atoms with Crippen LogP contribution in [-0.2, 0) is 6.42 Å². The highest BCUT2D eigenvalue weighted by atomic mass is 35.5. The second-order valence-corrected chi connectivity index (χ2v) is 5.08. The van der Waals surface area contributed by atoms with Gasteiger partial charge >= 0.3 is 0 Å². The fourth-order valence-electron chi connectivity index (χ4n) is 2.30. The molecule has 1 aromatic carbocycles. The number of hydrogen-bond acceptors (Lipinski definition) is 1. The summed E-state index contributed by atoms with van der Waals surface area (Å²) in [6.07, 6.45) is 1.34. The van der Waals surface area contributed by atoms with Gasteiger partial charge in [0, 0.05) is 11.3 Å². The summed E-state index contributed by atoms with van der Waals surface area (Å²) < 4.78 is 39.0. The van der Waals surface area contributed by atoms with Crippen LogP contribution in [0.1, 0.15) is 18.1 Å². The molecule has 0 aromatic heterocycles. The molecule has 1 aliphatic rings. The van der Waals surface area contributed by atoms with Crippen molar-refractivity contribution in [3.63, 3.8) is 0 Å². The molecule has 0 N–H and O–H groups in total. The second-order valence-electron chi connectivity index (χ2n) is 4.67. The SMILES string of the molecule is C=C1C(Cl)=CC=C(c2ccc(F)cc2CC)N1CC(F)F. The maximum Gasteiger partial charge on any atom is 0.256 e. The first-order chi connectivity index (χ1) is 9.93. The minimum absolute atomic E-state index is 0.319. The molecule has 1 heterocycles. The molecule has 0 spiro atoms. The van der Waals surface area contributed by atoms with Gasteiger partial charge in [0.2, 0.25) is 0 Å². The third kappa shape index (κ3) is 3.32. The standard InChI is InChI=1S/C16H15ClF3N/c1-3-11-8-12(18)4-5-13(11)15-7-6-14(17)10(2)21(15)9-16(19)20/h4-8,16H,2-3,9H2,1H3. The molecule has 2 rings (SSSR count). The van der Waals surface area contributed by atoms with Crippen molar-refractivity contribution in [2.24, 2.45) is 0 Å². The molecule has 0 saturated heterocycles. The third-order valence-corrected chi connectivity index (χ3v) is 3.67. The smallest absolute Gasteiger partial charge is 0.256 e. The van der Waals surface area contributed by atoms with Crippen molar-refractivity contribution in [2.75, 3.05) is 6.54 Å². The van der Waals surface area contributed by atoms with Crippen molar-refractivity contribution in [3.05, 3.63) is 64.6 Å². The molecular formula is C16H15ClF3N. The lowest BCUT2D eigenvalue weighted by Crippen LogP contribution is -2.28. The van der Waals surface area contributed by atoms with E-state index in [9.17, 15) is 13.2 Å². The van der Waals surface area contributed by atoms with Crippen LogP contribution in [0.2, 0.25) is 0 Å². The van der Waals surface area contributed by atoms with E-state index in [2.05, 4.69) is 6.58 Å². The highest BCUT2D eigenvalue weighted by molar-refractivity contribution is 6.32. The first kappa shape index (κ1) is 15.7. The van der Waals surface area contributed by atoms with E-state index in [-0.39, 0.29) is 5.82 Å². The van der Waals surface area contributed by atoms with E-state index < -0.39 is 13.0 Å². The molecule has 0 radical (unpaired) electrons. The van der Waals surface area contributed by atoms with Crippen LogP contribution in [-0.4, -0.2) is 17.9 Å². The number of benzene rings is 1. The Hall–Kier alpha value is -1.68. The van der Waals surface area contributed by atoms with Gasteiger partial charge in [0.25, 0.3) is 6.43 Å². The van der Waals surface area contributed by atoms with Crippen molar-refractivity contribution >= 4 is 17.3 Å². The molecule has 112 valence electrons. The van der Waals surface area contributed by atoms with E-state index >= 15 is 0 Å². The molecule has 1 aliphatic heterocycles. The highest BCUT2D eigenvalue weighted by Crippen LogP contribution is 2.34. The summed E-state index contributed by atoms with van der Waals surface area (Å²) in [6, 6.07) is 4.33. The number of allylic oxidation sites excluding steroid dienone is 3. The first-order valence-corrected chi connectivity index (χ1v) is 6.93. The average molecular weight is 314 g/mol. The molecular weight excluding hydrogens is 299 g/mol. The van der Waals surface area contributed by atoms with Gasteiger partial charge in [-0.15, -0.1) is 0 Å². The van der Waals surface area contributed by atoms with E-state index in [4.69, 9.17) is 11.6 Å². The van der Waals surface area contributed by atoms with Crippen LogP contribution in [0.5, 0.6) is 0 Å². The van der Waals surface area contributed by atoms with Crippen LogP contribution in [0.3, 0.4) is 0 Å². The van der Waals surface area contributed by atoms with Gasteiger partial charge in [-0.05, 0) is 42.3 Å². The lowest BCUT2D eigenvalue weighted by Gasteiger charge is -2.32. The molecule has 0 unspecified atom stereocenters. The van der Waals surface area contributed by atoms with Crippen molar-refractivity contribution in [2.45, 2.75) is 19.8 Å². The van der Waals surface area contributed by atoms with E-state index in [1.807, 2.05) is 6.92 Å². The van der Waals surface area contributed by atoms with Crippen LogP contribution < -0.4 is 0 Å². The predicted octanol–water partition coefficient (Wildman–Crippen LogP) is 4.95. The van der Waals surface area contributed by atoms with Crippen LogP contribution in [0, 0.1) is 5.82 Å². The van der Waals surface area contributed by atoms with Crippen molar-refractivity contribution in [1.29, 1.82) is 0 Å². The zero-order valence-electron chi connectivity index (χ0n) is 11.5. The van der Waals surface area contributed by atoms with Crippen molar-refractivity contribution in [1.82, 2.24) is 4.90 Å². The Morgan fingerprint density at radius 1 is 1.29 bits per heavy atom. The minimum atomic E-state index is -2.53. The Morgan fingerprint density at radius 3 is 2.62 bits per heavy atom. The van der Waals surface area contributed by atoms with Gasteiger partial charge in [0.15, 0.2) is 0 Å². The summed E-state index contributed by atoms with van der Waals surface area (Å²) in [6.45, 7) is 5.14. The number of nitrogens with zero attached hydrogens (tertiary/aromatic N) is 1. The molecule has 0 fully saturated rings. The predicted molar refractivity (Wildman–Crippen MR) is 79.5 cm³/mol. The fourth-order valence-corrected chi connectivity index (χ4v) is 2.46.